The van der Waals surface area contributed by atoms with E-state index in [2.05, 4.69) is 6.33 Å². The molecule has 0 unspecified atom stereocenters. The molecule has 0 aliphatic heterocycles. The van der Waals surface area contributed by atoms with Crippen LogP contribution in [0.25, 0.3) is 72.3 Å². The number of pyridine rings is 1. The van der Waals surface area contributed by atoms with Crippen molar-refractivity contribution in [2.75, 3.05) is 0 Å². The first kappa shape index (κ1) is 26.5. The van der Waals surface area contributed by atoms with Gasteiger partial charge in [-0.1, -0.05) is 144 Å². The number of aromatic nitrogens is 4. The largest absolute Gasteiger partial charge is 0.458 e. The lowest BCUT2D eigenvalue weighted by molar-refractivity contribution is -0.574. The van der Waals surface area contributed by atoms with Crippen LogP contribution in [0.15, 0.2) is 158 Å². The monoisotopic (exact) mass is 866 g/mol. The van der Waals surface area contributed by atoms with Crippen molar-refractivity contribution in [3.63, 3.8) is 0 Å². The van der Waals surface area contributed by atoms with Crippen molar-refractivity contribution in [3.8, 4) is 50.9 Å². The Kier molecular flexibility index (Phi) is 6.44. The molecule has 0 N–H and O–H groups in total. The van der Waals surface area contributed by atoms with Crippen molar-refractivity contribution in [1.82, 2.24) is 14.1 Å². The highest BCUT2D eigenvalue weighted by Crippen LogP contribution is 2.39. The molecule has 7 aromatic carbocycles. The molecule has 0 saturated heterocycles. The zero-order chi connectivity index (χ0) is 59.7. The Labute approximate surface area is 407 Å². The summed E-state index contributed by atoms with van der Waals surface area (Å²) in [4.78, 5) is 4.70. The maximum Gasteiger partial charge on any atom is 0.269 e. The molecular formula is C60H56N4O. The average Bonchev–Trinajstić information content (AvgIpc) is 4.14. The lowest BCUT2D eigenvalue weighted by Gasteiger charge is -2.31. The van der Waals surface area contributed by atoms with Gasteiger partial charge in [-0.2, -0.15) is 0 Å². The summed E-state index contributed by atoms with van der Waals surface area (Å²) in [6.45, 7) is 1.44. The molecule has 5 nitrogen and oxygen atoms in total. The molecule has 0 aliphatic carbocycles. The lowest BCUT2D eigenvalue weighted by Crippen LogP contribution is -2.37. The molecule has 0 atom stereocenters. The Balaban J connectivity index is 1.17. The smallest absolute Gasteiger partial charge is 0.269 e. The zero-order valence-corrected chi connectivity index (χ0v) is 36.8. The molecule has 0 spiro atoms. The highest BCUT2D eigenvalue weighted by Gasteiger charge is 2.29. The van der Waals surface area contributed by atoms with Gasteiger partial charge in [0.2, 0.25) is 0 Å². The number of imidazole rings is 1. The quantitative estimate of drug-likeness (QED) is 0.118. The second kappa shape index (κ2) is 15.8. The highest BCUT2D eigenvalue weighted by molar-refractivity contribution is 6.09. The first-order valence-electron chi connectivity index (χ1n) is 29.8. The Morgan fingerprint density at radius 2 is 1.32 bits per heavy atom. The zero-order valence-electron chi connectivity index (χ0n) is 53.8. The van der Waals surface area contributed by atoms with Gasteiger partial charge in [0.05, 0.1) is 40.3 Å². The minimum Gasteiger partial charge on any atom is -0.458 e. The van der Waals surface area contributed by atoms with E-state index >= 15 is 0 Å². The van der Waals surface area contributed by atoms with Gasteiger partial charge in [-0.15, -0.1) is 0 Å². The van der Waals surface area contributed by atoms with Crippen LogP contribution in [0.2, 0.25) is 0 Å². The minimum absolute atomic E-state index is 0.0520. The molecule has 10 aromatic rings. The summed E-state index contributed by atoms with van der Waals surface area (Å²) < 4.78 is 157. The van der Waals surface area contributed by atoms with Crippen LogP contribution >= 0.6 is 0 Å². The fourth-order valence-corrected chi connectivity index (χ4v) is 8.74. The van der Waals surface area contributed by atoms with Gasteiger partial charge in [-0.25, -0.2) is 4.98 Å². The Morgan fingerprint density at radius 3 is 2.05 bits per heavy atom. The maximum atomic E-state index is 8.65. The first-order valence-corrected chi connectivity index (χ1v) is 21.3. The van der Waals surface area contributed by atoms with Crippen LogP contribution in [0, 0.1) is 33.7 Å². The number of rotatable bonds is 7. The number of fused-ring (bicyclic) bond motifs is 4. The number of hydrogen-bond donors (Lipinski definition) is 0. The van der Waals surface area contributed by atoms with Gasteiger partial charge in [-0.3, -0.25) is 13.7 Å². The lowest BCUT2D eigenvalue weighted by atomic mass is 9.77. The summed E-state index contributed by atoms with van der Waals surface area (Å²) in [6, 6.07) is 31.4. The molecule has 0 saturated carbocycles. The van der Waals surface area contributed by atoms with Gasteiger partial charge in [-0.05, 0) is 131 Å². The molecule has 0 radical (unpaired) electrons. The molecule has 0 fully saturated rings. The van der Waals surface area contributed by atoms with Gasteiger partial charge in [0, 0.05) is 45.0 Å². The molecule has 3 heterocycles. The van der Waals surface area contributed by atoms with Gasteiger partial charge in [0.1, 0.15) is 17.3 Å². The number of ether oxygens (including phenoxy) is 1. The summed E-state index contributed by atoms with van der Waals surface area (Å²) in [7, 11) is 0. The van der Waals surface area contributed by atoms with Crippen molar-refractivity contribution >= 4 is 32.8 Å². The van der Waals surface area contributed by atoms with Crippen LogP contribution < -0.4 is 9.30 Å². The van der Waals surface area contributed by atoms with Crippen LogP contribution in [-0.2, 0) is 10.8 Å². The van der Waals surface area contributed by atoms with Crippen molar-refractivity contribution in [2.24, 2.45) is 0 Å². The van der Waals surface area contributed by atoms with Crippen LogP contribution in [0.3, 0.4) is 0 Å². The van der Waals surface area contributed by atoms with Crippen molar-refractivity contribution in [3.05, 3.63) is 197 Å². The summed E-state index contributed by atoms with van der Waals surface area (Å²) in [5, 5.41) is 1.58. The van der Waals surface area contributed by atoms with Crippen molar-refractivity contribution < 1.29 is 32.6 Å². The van der Waals surface area contributed by atoms with Gasteiger partial charge >= 0.3 is 0 Å². The maximum absolute atomic E-state index is 8.65. The predicted molar refractivity (Wildman–Crippen MR) is 270 cm³/mol. The van der Waals surface area contributed by atoms with Crippen LogP contribution in [0.5, 0.6) is 11.5 Å². The van der Waals surface area contributed by atoms with Gasteiger partial charge in [0.25, 0.3) is 6.33 Å². The van der Waals surface area contributed by atoms with Crippen molar-refractivity contribution in [2.45, 2.75) is 79.8 Å². The summed E-state index contributed by atoms with van der Waals surface area (Å²) in [5.74, 6) is 0.921. The average molecular weight is 866 g/mol. The van der Waals surface area contributed by atoms with E-state index < -0.39 is 68.4 Å². The van der Waals surface area contributed by atoms with E-state index in [1.807, 2.05) is 82.5 Å². The summed E-state index contributed by atoms with van der Waals surface area (Å²) >= 11 is 0. The van der Waals surface area contributed by atoms with E-state index in [4.69, 9.17) is 33.0 Å². The van der Waals surface area contributed by atoms with Gasteiger partial charge in [0.15, 0.2) is 0 Å². The SMILES string of the molecule is [2H]c1c([2H])c([2H])c(-c2cnc(-n3c4ccccc4c4ccc(Oc5cccc(-n6[c-][n+](-c7c(C(C)(C)C)cc(C([2H])([2H])[2H])cc7C(C)(C)C)c7ccc(-c8c(C([2H])([2H])[2H])cccc8C([2H])([2H])[2H])cc76)c5)cc43)cc2C([2H])([2H])[2H])c([2H])c1[2H]. The third kappa shape index (κ3) is 7.49. The fourth-order valence-electron chi connectivity index (χ4n) is 8.74. The van der Waals surface area contributed by atoms with E-state index in [-0.39, 0.29) is 44.8 Å². The third-order valence-electron chi connectivity index (χ3n) is 11.8. The summed E-state index contributed by atoms with van der Waals surface area (Å²) in [5.41, 5.74) is 3.41. The normalized spacial score (nSPS) is 16.7. The number of para-hydroxylation sites is 1. The molecule has 322 valence electrons. The van der Waals surface area contributed by atoms with E-state index in [9.17, 15) is 0 Å². The molecule has 5 heteroatoms. The Hall–Kier alpha value is -7.24. The van der Waals surface area contributed by atoms with Crippen molar-refractivity contribution in [1.29, 1.82) is 0 Å². The van der Waals surface area contributed by atoms with Crippen LogP contribution in [0.1, 0.15) is 98.2 Å². The minimum atomic E-state index is -2.81. The molecule has 0 aliphatic rings. The number of aryl methyl sites for hydroxylation is 4. The second-order valence-electron chi connectivity index (χ2n) is 18.3. The topological polar surface area (TPSA) is 35.9 Å². The number of hydrogen-bond acceptors (Lipinski definition) is 2. The Bertz CT molecular complexity index is 4130. The standard InChI is InChI=1S/C60H56N4O/c1-38-30-50(59(5,6)7)58(51(31-38)60(8,9)10)63-37-62(55-33-43(26-29-53(55)63)57-39(2)18-16-19-40(57)3)44-22-17-23-45(34-44)65-46-27-28-48-47-24-14-15-25-52(47)64(54(48)35-46)56-32-41(4)49(36-61-56)42-20-12-11-13-21-42/h11-36H,1-10H3/i1D3,2D3,3D3,4D3,11D,12D,13D,20D,21D. The van der Waals surface area contributed by atoms with Gasteiger partial charge < -0.3 is 4.74 Å². The second-order valence-corrected chi connectivity index (χ2v) is 18.3. The first-order chi connectivity index (χ1) is 38.0. The van der Waals surface area contributed by atoms with E-state index in [0.29, 0.717) is 50.5 Å². The van der Waals surface area contributed by atoms with E-state index in [1.54, 1.807) is 69.8 Å². The van der Waals surface area contributed by atoms with Crippen LogP contribution in [0.4, 0.5) is 0 Å². The van der Waals surface area contributed by atoms with Crippen LogP contribution in [-0.4, -0.2) is 14.1 Å². The number of nitrogens with zero attached hydrogens (tertiary/aromatic N) is 4. The third-order valence-corrected chi connectivity index (χ3v) is 11.8. The predicted octanol–water partition coefficient (Wildman–Crippen LogP) is 15.2. The Morgan fingerprint density at radius 1 is 0.615 bits per heavy atom. The highest BCUT2D eigenvalue weighted by atomic mass is 16.5. The molecule has 0 bridgehead atoms. The van der Waals surface area contributed by atoms with E-state index in [1.165, 1.54) is 30.5 Å². The summed E-state index contributed by atoms with van der Waals surface area (Å²) in [6.07, 6.45) is 4.82. The molecular weight excluding hydrogens is 793 g/mol. The molecule has 3 aromatic heterocycles. The van der Waals surface area contributed by atoms with E-state index in [0.717, 1.165) is 21.9 Å². The molecule has 10 rings (SSSR count). The fraction of sp³-hybridized carbons (Fsp3) is 0.200. The number of benzene rings is 7. The molecule has 0 amide bonds. The molecule has 65 heavy (non-hydrogen) atoms.